The largest absolute Gasteiger partial charge is 0.386 e. The molecule has 7 heteroatoms. The number of hydrogen-bond donors (Lipinski definition) is 3. The van der Waals surface area contributed by atoms with Gasteiger partial charge >= 0.3 is 6.03 Å². The maximum Gasteiger partial charge on any atom is 0.314 e. The molecule has 0 saturated carbocycles. The van der Waals surface area contributed by atoms with Crippen molar-refractivity contribution in [3.05, 3.63) is 47.8 Å². The number of nitrogens with zero attached hydrogens (tertiary/aromatic N) is 3. The fourth-order valence-electron chi connectivity index (χ4n) is 3.15. The van der Waals surface area contributed by atoms with Crippen LogP contribution in [0.25, 0.3) is 0 Å². The summed E-state index contributed by atoms with van der Waals surface area (Å²) < 4.78 is 1.62. The summed E-state index contributed by atoms with van der Waals surface area (Å²) in [5, 5.41) is 19.6. The molecule has 3 rings (SSSR count). The van der Waals surface area contributed by atoms with Crippen LogP contribution >= 0.6 is 0 Å². The van der Waals surface area contributed by atoms with Crippen molar-refractivity contribution < 1.29 is 9.90 Å². The van der Waals surface area contributed by atoms with Gasteiger partial charge in [-0.05, 0) is 25.0 Å². The Hall–Kier alpha value is -2.54. The van der Waals surface area contributed by atoms with Crippen LogP contribution in [-0.2, 0) is 13.5 Å². The highest BCUT2D eigenvalue weighted by molar-refractivity contribution is 5.74. The zero-order valence-electron chi connectivity index (χ0n) is 14.6. The number of urea groups is 1. The molecular weight excluding hydrogens is 318 g/mol. The van der Waals surface area contributed by atoms with E-state index in [2.05, 4.69) is 45.8 Å². The zero-order chi connectivity index (χ0) is 17.8. The van der Waals surface area contributed by atoms with Gasteiger partial charge in [0.05, 0.1) is 12.3 Å². The third kappa shape index (κ3) is 4.11. The van der Waals surface area contributed by atoms with Crippen LogP contribution < -0.4 is 15.5 Å². The number of fused-ring (bicyclic) bond motifs is 1. The molecule has 25 heavy (non-hydrogen) atoms. The topological polar surface area (TPSA) is 82.4 Å². The molecule has 1 aliphatic rings. The molecule has 2 atom stereocenters. The lowest BCUT2D eigenvalue weighted by Gasteiger charge is -2.27. The van der Waals surface area contributed by atoms with Crippen LogP contribution in [0.4, 0.5) is 10.5 Å². The van der Waals surface area contributed by atoms with Gasteiger partial charge in [0.15, 0.2) is 0 Å². The molecule has 0 saturated heterocycles. The molecule has 1 aromatic carbocycles. The first-order valence-corrected chi connectivity index (χ1v) is 8.57. The molecule has 1 aromatic heterocycles. The summed E-state index contributed by atoms with van der Waals surface area (Å²) in [4.78, 5) is 14.3. The van der Waals surface area contributed by atoms with Crippen LogP contribution in [0, 0.1) is 0 Å². The molecule has 134 valence electrons. The van der Waals surface area contributed by atoms with Crippen LogP contribution in [-0.4, -0.2) is 46.6 Å². The van der Waals surface area contributed by atoms with Crippen molar-refractivity contribution in [3.8, 4) is 0 Å². The Labute approximate surface area is 147 Å². The molecule has 7 nitrogen and oxygen atoms in total. The number of nitrogens with one attached hydrogen (secondary N) is 2. The first kappa shape index (κ1) is 17.3. The number of hydrogen-bond acceptors (Lipinski definition) is 4. The number of amides is 2. The smallest absolute Gasteiger partial charge is 0.314 e. The summed E-state index contributed by atoms with van der Waals surface area (Å²) in [6.07, 6.45) is 3.61. The van der Waals surface area contributed by atoms with Crippen LogP contribution in [0.15, 0.2) is 36.7 Å². The normalized spacial score (nSPS) is 15.6. The summed E-state index contributed by atoms with van der Waals surface area (Å²) in [5.74, 6) is 0. The minimum Gasteiger partial charge on any atom is -0.386 e. The molecule has 2 aromatic rings. The first-order valence-electron chi connectivity index (χ1n) is 8.57. The molecule has 2 heterocycles. The molecule has 2 amide bonds. The Morgan fingerprint density at radius 2 is 2.08 bits per heavy atom. The number of carbonyl (C=O) groups is 1. The van der Waals surface area contributed by atoms with Crippen LogP contribution in [0.2, 0.25) is 0 Å². The lowest BCUT2D eigenvalue weighted by Crippen LogP contribution is -2.45. The Morgan fingerprint density at radius 3 is 2.84 bits per heavy atom. The highest BCUT2D eigenvalue weighted by Crippen LogP contribution is 2.28. The van der Waals surface area contributed by atoms with Gasteiger partial charge < -0.3 is 20.6 Å². The summed E-state index contributed by atoms with van der Waals surface area (Å²) in [7, 11) is 1.79. The average Bonchev–Trinajstić information content (AvgIpc) is 3.23. The van der Waals surface area contributed by atoms with Crippen LogP contribution in [0.3, 0.4) is 0 Å². The second-order valence-electron chi connectivity index (χ2n) is 6.48. The van der Waals surface area contributed by atoms with E-state index >= 15 is 0 Å². The SMILES string of the molecule is C[C@@H](CNC(=O)NC[C@H](O)c1cnn(C)c1)N1CCc2ccccc21. The first-order chi connectivity index (χ1) is 12.0. The van der Waals surface area contributed by atoms with Gasteiger partial charge in [-0.25, -0.2) is 4.79 Å². The van der Waals surface area contributed by atoms with E-state index < -0.39 is 6.10 Å². The molecule has 0 bridgehead atoms. The molecule has 1 aliphatic heterocycles. The van der Waals surface area contributed by atoms with Crippen molar-refractivity contribution in [1.29, 1.82) is 0 Å². The summed E-state index contributed by atoms with van der Waals surface area (Å²) in [5.41, 5.74) is 3.30. The number of rotatable bonds is 6. The van der Waals surface area contributed by atoms with E-state index in [0.29, 0.717) is 12.1 Å². The van der Waals surface area contributed by atoms with Gasteiger partial charge in [0.1, 0.15) is 0 Å². The Kier molecular flexibility index (Phi) is 5.23. The zero-order valence-corrected chi connectivity index (χ0v) is 14.6. The van der Waals surface area contributed by atoms with E-state index in [4.69, 9.17) is 0 Å². The quantitative estimate of drug-likeness (QED) is 0.736. The lowest BCUT2D eigenvalue weighted by atomic mass is 10.2. The molecule has 0 unspecified atom stereocenters. The van der Waals surface area contributed by atoms with Gasteiger partial charge in [-0.15, -0.1) is 0 Å². The predicted molar refractivity (Wildman–Crippen MR) is 96.5 cm³/mol. The second kappa shape index (κ2) is 7.57. The van der Waals surface area contributed by atoms with E-state index in [1.165, 1.54) is 11.3 Å². The monoisotopic (exact) mass is 343 g/mol. The third-order valence-corrected chi connectivity index (χ3v) is 4.58. The van der Waals surface area contributed by atoms with Gasteiger partial charge in [-0.3, -0.25) is 4.68 Å². The van der Waals surface area contributed by atoms with Gasteiger partial charge in [0, 0.05) is 50.2 Å². The Bertz CT molecular complexity index is 730. The molecular formula is C18H25N5O2. The number of aliphatic hydroxyl groups excluding tert-OH is 1. The van der Waals surface area contributed by atoms with E-state index in [1.54, 1.807) is 24.1 Å². The Balaban J connectivity index is 1.43. The fraction of sp³-hybridized carbons (Fsp3) is 0.444. The molecule has 0 spiro atoms. The average molecular weight is 343 g/mol. The highest BCUT2D eigenvalue weighted by atomic mass is 16.3. The van der Waals surface area contributed by atoms with Gasteiger partial charge in [0.2, 0.25) is 0 Å². The summed E-state index contributed by atoms with van der Waals surface area (Å²) in [6.45, 7) is 3.78. The highest BCUT2D eigenvalue weighted by Gasteiger charge is 2.23. The molecule has 0 aliphatic carbocycles. The molecule has 0 fully saturated rings. The maximum atomic E-state index is 12.0. The number of carbonyl (C=O) groups excluding carboxylic acids is 1. The number of anilines is 1. The number of aromatic nitrogens is 2. The standard InChI is InChI=1S/C18H25N5O2/c1-13(23-8-7-14-5-3-4-6-16(14)23)9-19-18(25)20-11-17(24)15-10-21-22(2)12-15/h3-6,10,12-13,17,24H,7-9,11H2,1-2H3,(H2,19,20,25)/t13-,17-/m0/s1. The minimum absolute atomic E-state index is 0.151. The second-order valence-corrected chi connectivity index (χ2v) is 6.48. The van der Waals surface area contributed by atoms with Crippen molar-refractivity contribution >= 4 is 11.7 Å². The lowest BCUT2D eigenvalue weighted by molar-refractivity contribution is 0.173. The summed E-state index contributed by atoms with van der Waals surface area (Å²) in [6, 6.07) is 8.32. The van der Waals surface area contributed by atoms with Crippen molar-refractivity contribution in [2.45, 2.75) is 25.5 Å². The van der Waals surface area contributed by atoms with Crippen molar-refractivity contribution in [2.75, 3.05) is 24.5 Å². The Morgan fingerprint density at radius 1 is 1.32 bits per heavy atom. The van der Waals surface area contributed by atoms with Gasteiger partial charge in [-0.1, -0.05) is 18.2 Å². The van der Waals surface area contributed by atoms with Crippen LogP contribution in [0.5, 0.6) is 0 Å². The molecule has 3 N–H and O–H groups in total. The van der Waals surface area contributed by atoms with E-state index in [-0.39, 0.29) is 18.6 Å². The maximum absolute atomic E-state index is 12.0. The van der Waals surface area contributed by atoms with E-state index in [1.807, 2.05) is 6.07 Å². The van der Waals surface area contributed by atoms with Crippen molar-refractivity contribution in [3.63, 3.8) is 0 Å². The predicted octanol–water partition coefficient (Wildman–Crippen LogP) is 1.20. The van der Waals surface area contributed by atoms with Gasteiger partial charge in [-0.2, -0.15) is 5.10 Å². The van der Waals surface area contributed by atoms with Crippen LogP contribution in [0.1, 0.15) is 24.2 Å². The number of benzene rings is 1. The van der Waals surface area contributed by atoms with Crippen molar-refractivity contribution in [1.82, 2.24) is 20.4 Å². The van der Waals surface area contributed by atoms with Crippen molar-refractivity contribution in [2.24, 2.45) is 7.05 Å². The van der Waals surface area contributed by atoms with E-state index in [0.717, 1.165) is 13.0 Å². The molecule has 0 radical (unpaired) electrons. The van der Waals surface area contributed by atoms with E-state index in [9.17, 15) is 9.90 Å². The number of aryl methyl sites for hydroxylation is 1. The van der Waals surface area contributed by atoms with Gasteiger partial charge in [0.25, 0.3) is 0 Å². The fourth-order valence-corrected chi connectivity index (χ4v) is 3.15. The number of aliphatic hydroxyl groups is 1. The summed E-state index contributed by atoms with van der Waals surface area (Å²) >= 11 is 0. The third-order valence-electron chi connectivity index (χ3n) is 4.58. The minimum atomic E-state index is -0.762. The number of para-hydroxylation sites is 1.